The van der Waals surface area contributed by atoms with Crippen molar-refractivity contribution < 1.29 is 19.0 Å². The number of methoxy groups -OCH3 is 1. The highest BCUT2D eigenvalue weighted by Gasteiger charge is 2.21. The van der Waals surface area contributed by atoms with Gasteiger partial charge in [-0.1, -0.05) is 12.1 Å². The number of morpholine rings is 1. The van der Waals surface area contributed by atoms with Gasteiger partial charge in [0.2, 0.25) is 0 Å². The molecule has 0 aromatic heterocycles. The minimum absolute atomic E-state index is 0.124. The Morgan fingerprint density at radius 3 is 2.53 bits per heavy atom. The maximum Gasteiger partial charge on any atom is 0.315 e. The fraction of sp³-hybridized carbons (Fsp3) is 0.500. The Bertz CT molecular complexity index is 894. The summed E-state index contributed by atoms with van der Waals surface area (Å²) in [5.41, 5.74) is 2.21. The molecular formula is C26H36N4O4. The number of benzene rings is 2. The van der Waals surface area contributed by atoms with Gasteiger partial charge in [-0.25, -0.2) is 4.79 Å². The van der Waals surface area contributed by atoms with E-state index in [1.165, 1.54) is 5.69 Å². The van der Waals surface area contributed by atoms with Crippen LogP contribution >= 0.6 is 0 Å². The molecule has 0 spiro atoms. The van der Waals surface area contributed by atoms with Gasteiger partial charge < -0.3 is 29.7 Å². The summed E-state index contributed by atoms with van der Waals surface area (Å²) >= 11 is 0. The van der Waals surface area contributed by atoms with E-state index >= 15 is 0 Å². The van der Waals surface area contributed by atoms with Crippen molar-refractivity contribution in [2.75, 3.05) is 64.6 Å². The third kappa shape index (κ3) is 7.27. The largest absolute Gasteiger partial charge is 0.497 e. The number of anilines is 1. The van der Waals surface area contributed by atoms with Gasteiger partial charge in [0, 0.05) is 51.0 Å². The van der Waals surface area contributed by atoms with Crippen LogP contribution < -0.4 is 25.0 Å². The molecule has 4 rings (SSSR count). The van der Waals surface area contributed by atoms with Gasteiger partial charge in [0.05, 0.1) is 20.3 Å². The van der Waals surface area contributed by atoms with Crippen LogP contribution in [0.15, 0.2) is 48.5 Å². The molecule has 2 aromatic rings. The summed E-state index contributed by atoms with van der Waals surface area (Å²) in [6, 6.07) is 16.1. The van der Waals surface area contributed by atoms with E-state index in [0.717, 1.165) is 75.8 Å². The van der Waals surface area contributed by atoms with Gasteiger partial charge in [-0.2, -0.15) is 0 Å². The third-order valence-electron chi connectivity index (χ3n) is 6.40. The molecule has 2 heterocycles. The fourth-order valence-corrected chi connectivity index (χ4v) is 4.36. The molecule has 8 nitrogen and oxygen atoms in total. The molecule has 0 atom stereocenters. The number of piperidine rings is 1. The average Bonchev–Trinajstić information content (AvgIpc) is 2.89. The molecule has 0 unspecified atom stereocenters. The second-order valence-corrected chi connectivity index (χ2v) is 8.74. The summed E-state index contributed by atoms with van der Waals surface area (Å²) in [5.74, 6) is 1.70. The zero-order chi connectivity index (χ0) is 23.6. The number of hydrogen-bond acceptors (Lipinski definition) is 6. The van der Waals surface area contributed by atoms with Crippen molar-refractivity contribution in [3.05, 3.63) is 54.1 Å². The van der Waals surface area contributed by atoms with Crippen LogP contribution in [0.5, 0.6) is 11.5 Å². The van der Waals surface area contributed by atoms with E-state index in [1.54, 1.807) is 7.11 Å². The van der Waals surface area contributed by atoms with E-state index in [2.05, 4.69) is 32.6 Å². The molecule has 2 fully saturated rings. The molecule has 2 aliphatic heterocycles. The highest BCUT2D eigenvalue weighted by Crippen LogP contribution is 2.23. The number of urea groups is 1. The number of rotatable bonds is 9. The van der Waals surface area contributed by atoms with Gasteiger partial charge in [-0.15, -0.1) is 0 Å². The number of amides is 2. The van der Waals surface area contributed by atoms with Crippen molar-refractivity contribution >= 4 is 11.7 Å². The van der Waals surface area contributed by atoms with Crippen LogP contribution in [0.4, 0.5) is 10.5 Å². The molecule has 2 saturated heterocycles. The second kappa shape index (κ2) is 12.5. The van der Waals surface area contributed by atoms with E-state index < -0.39 is 0 Å². The Balaban J connectivity index is 1.14. The van der Waals surface area contributed by atoms with E-state index in [4.69, 9.17) is 14.2 Å². The minimum atomic E-state index is -0.124. The van der Waals surface area contributed by atoms with Crippen molar-refractivity contribution in [3.8, 4) is 11.5 Å². The first-order chi connectivity index (χ1) is 16.7. The lowest BCUT2D eigenvalue weighted by molar-refractivity contribution is 0.0322. The van der Waals surface area contributed by atoms with Crippen molar-refractivity contribution in [2.24, 2.45) is 0 Å². The molecule has 0 aliphatic carbocycles. The Hall–Kier alpha value is -2.97. The molecule has 0 radical (unpaired) electrons. The summed E-state index contributed by atoms with van der Waals surface area (Å²) in [5, 5.41) is 6.10. The SMILES string of the molecule is COc1ccc(N2CCC(NC(=O)NCc3cccc(OCCN4CCOCC4)c3)CC2)cc1. The van der Waals surface area contributed by atoms with Gasteiger partial charge >= 0.3 is 6.03 Å². The Labute approximate surface area is 202 Å². The van der Waals surface area contributed by atoms with E-state index in [-0.39, 0.29) is 12.1 Å². The van der Waals surface area contributed by atoms with Crippen molar-refractivity contribution in [3.63, 3.8) is 0 Å². The van der Waals surface area contributed by atoms with Crippen LogP contribution in [0.25, 0.3) is 0 Å². The van der Waals surface area contributed by atoms with Gasteiger partial charge in [0.15, 0.2) is 0 Å². The van der Waals surface area contributed by atoms with Gasteiger partial charge in [-0.3, -0.25) is 4.90 Å². The molecule has 34 heavy (non-hydrogen) atoms. The number of nitrogens with one attached hydrogen (secondary N) is 2. The van der Waals surface area contributed by atoms with Crippen molar-refractivity contribution in [1.82, 2.24) is 15.5 Å². The molecule has 0 saturated carbocycles. The first-order valence-corrected chi connectivity index (χ1v) is 12.1. The lowest BCUT2D eigenvalue weighted by atomic mass is 10.0. The standard InChI is InChI=1S/C26H36N4O4/c1-32-24-7-5-23(6-8-24)30-11-9-22(10-12-30)28-26(31)27-20-21-3-2-4-25(19-21)34-18-15-29-13-16-33-17-14-29/h2-8,19,22H,9-18,20H2,1H3,(H2,27,28,31). The summed E-state index contributed by atoms with van der Waals surface area (Å²) in [4.78, 5) is 17.1. The summed E-state index contributed by atoms with van der Waals surface area (Å²) < 4.78 is 16.5. The Kier molecular flexibility index (Phi) is 8.87. The minimum Gasteiger partial charge on any atom is -0.497 e. The summed E-state index contributed by atoms with van der Waals surface area (Å²) in [6.07, 6.45) is 1.85. The van der Waals surface area contributed by atoms with E-state index in [9.17, 15) is 4.79 Å². The van der Waals surface area contributed by atoms with Crippen LogP contribution in [0, 0.1) is 0 Å². The lowest BCUT2D eigenvalue weighted by Crippen LogP contribution is -2.47. The van der Waals surface area contributed by atoms with Crippen molar-refractivity contribution in [1.29, 1.82) is 0 Å². The molecule has 8 heteroatoms. The van der Waals surface area contributed by atoms with Crippen molar-refractivity contribution in [2.45, 2.75) is 25.4 Å². The predicted molar refractivity (Wildman–Crippen MR) is 133 cm³/mol. The first-order valence-electron chi connectivity index (χ1n) is 12.1. The van der Waals surface area contributed by atoms with Crippen LogP contribution in [0.2, 0.25) is 0 Å². The number of carbonyl (C=O) groups excluding carboxylic acids is 1. The number of hydrogen-bond donors (Lipinski definition) is 2. The first kappa shape index (κ1) is 24.2. The smallest absolute Gasteiger partial charge is 0.315 e. The Morgan fingerprint density at radius 1 is 1.03 bits per heavy atom. The zero-order valence-corrected chi connectivity index (χ0v) is 20.0. The van der Waals surface area contributed by atoms with Crippen LogP contribution in [0.1, 0.15) is 18.4 Å². The maximum atomic E-state index is 12.4. The molecule has 2 amide bonds. The average molecular weight is 469 g/mol. The second-order valence-electron chi connectivity index (χ2n) is 8.74. The summed E-state index contributed by atoms with van der Waals surface area (Å²) in [7, 11) is 1.68. The zero-order valence-electron chi connectivity index (χ0n) is 20.0. The molecule has 2 N–H and O–H groups in total. The monoisotopic (exact) mass is 468 g/mol. The van der Waals surface area contributed by atoms with Crippen LogP contribution in [0.3, 0.4) is 0 Å². The van der Waals surface area contributed by atoms with E-state index in [1.807, 2.05) is 36.4 Å². The van der Waals surface area contributed by atoms with Gasteiger partial charge in [0.25, 0.3) is 0 Å². The number of nitrogens with zero attached hydrogens (tertiary/aromatic N) is 2. The third-order valence-corrected chi connectivity index (χ3v) is 6.40. The highest BCUT2D eigenvalue weighted by atomic mass is 16.5. The maximum absolute atomic E-state index is 12.4. The topological polar surface area (TPSA) is 75.3 Å². The van der Waals surface area contributed by atoms with E-state index in [0.29, 0.717) is 13.2 Å². The lowest BCUT2D eigenvalue weighted by Gasteiger charge is -2.34. The quantitative estimate of drug-likeness (QED) is 0.590. The summed E-state index contributed by atoms with van der Waals surface area (Å²) in [6.45, 7) is 7.36. The number of carbonyl (C=O) groups is 1. The number of ether oxygens (including phenoxy) is 3. The molecular weight excluding hydrogens is 432 g/mol. The molecule has 0 bridgehead atoms. The highest BCUT2D eigenvalue weighted by molar-refractivity contribution is 5.74. The van der Waals surface area contributed by atoms with Crippen LogP contribution in [-0.2, 0) is 11.3 Å². The fourth-order valence-electron chi connectivity index (χ4n) is 4.36. The predicted octanol–water partition coefficient (Wildman–Crippen LogP) is 2.87. The molecule has 184 valence electrons. The Morgan fingerprint density at radius 2 is 1.79 bits per heavy atom. The van der Waals surface area contributed by atoms with Crippen LogP contribution in [-0.4, -0.2) is 76.6 Å². The molecule has 2 aliphatic rings. The normalized spacial score (nSPS) is 17.3. The van der Waals surface area contributed by atoms with Gasteiger partial charge in [0.1, 0.15) is 18.1 Å². The molecule has 2 aromatic carbocycles. The van der Waals surface area contributed by atoms with Gasteiger partial charge in [-0.05, 0) is 54.8 Å².